The summed E-state index contributed by atoms with van der Waals surface area (Å²) in [6, 6.07) is 21.9. The van der Waals surface area contributed by atoms with E-state index in [1.165, 1.54) is 15.8 Å². The first-order valence-corrected chi connectivity index (χ1v) is 10.2. The van der Waals surface area contributed by atoms with Crippen LogP contribution in [0.2, 0.25) is 0 Å². The zero-order valence-corrected chi connectivity index (χ0v) is 17.0. The fraction of sp³-hybridized carbons (Fsp3) is 0.167. The third-order valence-corrected chi connectivity index (χ3v) is 5.84. The number of amides is 1. The summed E-state index contributed by atoms with van der Waals surface area (Å²) in [6.45, 7) is 6.37. The van der Waals surface area contributed by atoms with Gasteiger partial charge in [-0.2, -0.15) is 0 Å². The number of anilines is 1. The van der Waals surface area contributed by atoms with Crippen molar-refractivity contribution in [2.75, 3.05) is 5.32 Å². The summed E-state index contributed by atoms with van der Waals surface area (Å²) < 4.78 is 1.19. The third kappa shape index (κ3) is 3.82. The summed E-state index contributed by atoms with van der Waals surface area (Å²) in [6.07, 6.45) is 0. The number of carbonyl (C=O) groups is 1. The molecule has 4 aromatic rings. The predicted molar refractivity (Wildman–Crippen MR) is 118 cm³/mol. The second-order valence-corrected chi connectivity index (χ2v) is 8.33. The SMILES string of the molecule is Cc1ccc2nc(-c3ccc(NC(=O)c4ccc(C(C)C)cc4)cc3)sc2c1. The number of nitrogens with zero attached hydrogens (tertiary/aromatic N) is 1. The van der Waals surface area contributed by atoms with Gasteiger partial charge in [-0.25, -0.2) is 4.98 Å². The molecule has 0 radical (unpaired) electrons. The molecule has 140 valence electrons. The van der Waals surface area contributed by atoms with E-state index in [0.29, 0.717) is 11.5 Å². The quantitative estimate of drug-likeness (QED) is 0.427. The van der Waals surface area contributed by atoms with Crippen molar-refractivity contribution in [1.29, 1.82) is 0 Å². The average Bonchev–Trinajstić information content (AvgIpc) is 3.11. The molecule has 3 nitrogen and oxygen atoms in total. The molecule has 0 saturated carbocycles. The van der Waals surface area contributed by atoms with Crippen LogP contribution in [0.25, 0.3) is 20.8 Å². The molecule has 1 heterocycles. The Labute approximate surface area is 169 Å². The van der Waals surface area contributed by atoms with Crippen LogP contribution in [0.15, 0.2) is 66.7 Å². The molecule has 1 amide bonds. The summed E-state index contributed by atoms with van der Waals surface area (Å²) >= 11 is 1.69. The molecule has 4 rings (SSSR count). The Morgan fingerprint density at radius 3 is 2.36 bits per heavy atom. The van der Waals surface area contributed by atoms with Gasteiger partial charge in [-0.05, 0) is 72.5 Å². The van der Waals surface area contributed by atoms with Gasteiger partial charge in [-0.1, -0.05) is 32.0 Å². The fourth-order valence-electron chi connectivity index (χ4n) is 3.07. The summed E-state index contributed by atoms with van der Waals surface area (Å²) in [7, 11) is 0. The van der Waals surface area contributed by atoms with Gasteiger partial charge in [0.2, 0.25) is 0 Å². The fourth-order valence-corrected chi connectivity index (χ4v) is 4.14. The van der Waals surface area contributed by atoms with E-state index in [2.05, 4.69) is 44.3 Å². The molecule has 3 aromatic carbocycles. The minimum absolute atomic E-state index is 0.0986. The first-order chi connectivity index (χ1) is 13.5. The van der Waals surface area contributed by atoms with Crippen LogP contribution in [0, 0.1) is 6.92 Å². The molecule has 0 fully saturated rings. The van der Waals surface area contributed by atoms with Crippen LogP contribution in [-0.2, 0) is 0 Å². The van der Waals surface area contributed by atoms with Gasteiger partial charge >= 0.3 is 0 Å². The number of hydrogen-bond donors (Lipinski definition) is 1. The number of carbonyl (C=O) groups excluding carboxylic acids is 1. The molecule has 0 unspecified atom stereocenters. The van der Waals surface area contributed by atoms with Crippen LogP contribution < -0.4 is 5.32 Å². The molecule has 0 aliphatic rings. The van der Waals surface area contributed by atoms with Crippen molar-refractivity contribution in [3.63, 3.8) is 0 Å². The third-order valence-electron chi connectivity index (χ3n) is 4.77. The normalized spacial score (nSPS) is 11.1. The topological polar surface area (TPSA) is 42.0 Å². The summed E-state index contributed by atoms with van der Waals surface area (Å²) in [4.78, 5) is 17.2. The molecular formula is C24H22N2OS. The van der Waals surface area contributed by atoms with Gasteiger partial charge in [0.1, 0.15) is 5.01 Å². The Morgan fingerprint density at radius 2 is 1.68 bits per heavy atom. The molecule has 1 N–H and O–H groups in total. The van der Waals surface area contributed by atoms with Crippen molar-refractivity contribution >= 4 is 33.1 Å². The van der Waals surface area contributed by atoms with Crippen LogP contribution in [0.4, 0.5) is 5.69 Å². The lowest BCUT2D eigenvalue weighted by Gasteiger charge is -2.08. The number of aromatic nitrogens is 1. The molecular weight excluding hydrogens is 364 g/mol. The van der Waals surface area contributed by atoms with Crippen molar-refractivity contribution in [2.24, 2.45) is 0 Å². The summed E-state index contributed by atoms with van der Waals surface area (Å²) in [5.41, 5.74) is 5.98. The Bertz CT molecular complexity index is 1130. The van der Waals surface area contributed by atoms with E-state index in [1.54, 1.807) is 11.3 Å². The first kappa shape index (κ1) is 18.4. The monoisotopic (exact) mass is 386 g/mol. The minimum Gasteiger partial charge on any atom is -0.322 e. The highest BCUT2D eigenvalue weighted by Crippen LogP contribution is 2.31. The summed E-state index contributed by atoms with van der Waals surface area (Å²) in [5, 5.41) is 3.95. The molecule has 1 aromatic heterocycles. The lowest BCUT2D eigenvalue weighted by Crippen LogP contribution is -2.11. The van der Waals surface area contributed by atoms with Gasteiger partial charge in [-0.15, -0.1) is 11.3 Å². The van der Waals surface area contributed by atoms with E-state index < -0.39 is 0 Å². The largest absolute Gasteiger partial charge is 0.322 e. The predicted octanol–water partition coefficient (Wildman–Crippen LogP) is 6.65. The molecule has 0 bridgehead atoms. The van der Waals surface area contributed by atoms with Crippen molar-refractivity contribution in [2.45, 2.75) is 26.7 Å². The van der Waals surface area contributed by atoms with E-state index in [0.717, 1.165) is 21.8 Å². The zero-order valence-electron chi connectivity index (χ0n) is 16.2. The van der Waals surface area contributed by atoms with E-state index in [4.69, 9.17) is 4.98 Å². The van der Waals surface area contributed by atoms with Gasteiger partial charge in [0.05, 0.1) is 10.2 Å². The number of hydrogen-bond acceptors (Lipinski definition) is 3. The second-order valence-electron chi connectivity index (χ2n) is 7.30. The second kappa shape index (κ2) is 7.56. The Kier molecular flexibility index (Phi) is 4.97. The van der Waals surface area contributed by atoms with Crippen LogP contribution >= 0.6 is 11.3 Å². The van der Waals surface area contributed by atoms with E-state index >= 15 is 0 Å². The Balaban J connectivity index is 1.50. The van der Waals surface area contributed by atoms with Crippen LogP contribution in [0.1, 0.15) is 41.3 Å². The number of rotatable bonds is 4. The van der Waals surface area contributed by atoms with Crippen LogP contribution in [0.5, 0.6) is 0 Å². The first-order valence-electron chi connectivity index (χ1n) is 9.38. The van der Waals surface area contributed by atoms with Gasteiger partial charge in [0.25, 0.3) is 5.91 Å². The molecule has 0 aliphatic heterocycles. The van der Waals surface area contributed by atoms with Crippen LogP contribution in [-0.4, -0.2) is 10.9 Å². The smallest absolute Gasteiger partial charge is 0.255 e. The number of benzene rings is 3. The molecule has 4 heteroatoms. The highest BCUT2D eigenvalue weighted by atomic mass is 32.1. The molecule has 0 atom stereocenters. The summed E-state index contributed by atoms with van der Waals surface area (Å²) in [5.74, 6) is 0.356. The van der Waals surface area contributed by atoms with Gasteiger partial charge in [-0.3, -0.25) is 4.79 Å². The number of aryl methyl sites for hydroxylation is 1. The molecule has 0 saturated heterocycles. The van der Waals surface area contributed by atoms with Crippen LogP contribution in [0.3, 0.4) is 0 Å². The maximum Gasteiger partial charge on any atom is 0.255 e. The maximum atomic E-state index is 12.5. The number of thiazole rings is 1. The lowest BCUT2D eigenvalue weighted by molar-refractivity contribution is 0.102. The Hall–Kier alpha value is -2.98. The minimum atomic E-state index is -0.0986. The average molecular weight is 387 g/mol. The highest BCUT2D eigenvalue weighted by Gasteiger charge is 2.09. The number of fused-ring (bicyclic) bond motifs is 1. The number of nitrogens with one attached hydrogen (secondary N) is 1. The van der Waals surface area contributed by atoms with E-state index in [1.807, 2.05) is 48.5 Å². The zero-order chi connectivity index (χ0) is 19.7. The maximum absolute atomic E-state index is 12.5. The van der Waals surface area contributed by atoms with Crippen molar-refractivity contribution in [1.82, 2.24) is 4.98 Å². The van der Waals surface area contributed by atoms with E-state index in [-0.39, 0.29) is 5.91 Å². The molecule has 0 aliphatic carbocycles. The van der Waals surface area contributed by atoms with Crippen molar-refractivity contribution < 1.29 is 4.79 Å². The highest BCUT2D eigenvalue weighted by molar-refractivity contribution is 7.21. The van der Waals surface area contributed by atoms with Crippen molar-refractivity contribution in [3.8, 4) is 10.6 Å². The molecule has 0 spiro atoms. The lowest BCUT2D eigenvalue weighted by atomic mass is 10.0. The van der Waals surface area contributed by atoms with Gasteiger partial charge in [0.15, 0.2) is 0 Å². The van der Waals surface area contributed by atoms with Crippen molar-refractivity contribution in [3.05, 3.63) is 83.4 Å². The van der Waals surface area contributed by atoms with Gasteiger partial charge in [0, 0.05) is 16.8 Å². The molecule has 28 heavy (non-hydrogen) atoms. The standard InChI is InChI=1S/C24H22N2OS/c1-15(2)17-5-7-18(8-6-17)23(27)25-20-11-9-19(10-12-20)24-26-21-13-4-16(3)14-22(21)28-24/h4-15H,1-3H3,(H,25,27). The Morgan fingerprint density at radius 1 is 0.964 bits per heavy atom. The van der Waals surface area contributed by atoms with Gasteiger partial charge < -0.3 is 5.32 Å². The van der Waals surface area contributed by atoms with E-state index in [9.17, 15) is 4.79 Å².